The Hall–Kier alpha value is -0.120. The molecule has 0 radical (unpaired) electrons. The van der Waals surface area contributed by atoms with Crippen LogP contribution >= 0.6 is 0 Å². The van der Waals surface area contributed by atoms with E-state index in [1.165, 1.54) is 12.8 Å². The monoisotopic (exact) mass is 213 g/mol. The Balaban J connectivity index is 1.68. The highest BCUT2D eigenvalue weighted by Crippen LogP contribution is 2.44. The second kappa shape index (κ2) is 4.40. The molecule has 0 bridgehead atoms. The largest absolute Gasteiger partial charge is 0.396 e. The molecule has 0 aromatic heterocycles. The molecule has 1 heterocycles. The van der Waals surface area contributed by atoms with Crippen LogP contribution in [0.2, 0.25) is 0 Å². The molecule has 1 saturated heterocycles. The van der Waals surface area contributed by atoms with E-state index in [1.807, 2.05) is 0 Å². The predicted molar refractivity (Wildman–Crippen MR) is 59.8 cm³/mol. The zero-order valence-corrected chi connectivity index (χ0v) is 9.72. The van der Waals surface area contributed by atoms with Crippen molar-refractivity contribution < 1.29 is 9.84 Å². The molecule has 3 nitrogen and oxygen atoms in total. The highest BCUT2D eigenvalue weighted by molar-refractivity contribution is 4.95. The average Bonchev–Trinajstić information content (AvgIpc) is 3.00. The van der Waals surface area contributed by atoms with Gasteiger partial charge < -0.3 is 15.2 Å². The Morgan fingerprint density at radius 3 is 2.33 bits per heavy atom. The van der Waals surface area contributed by atoms with Crippen molar-refractivity contribution in [2.24, 2.45) is 10.8 Å². The molecule has 2 rings (SSSR count). The molecule has 1 aliphatic heterocycles. The molecule has 2 aliphatic rings. The highest BCUT2D eigenvalue weighted by Gasteiger charge is 2.41. The Kier molecular flexibility index (Phi) is 3.33. The third-order valence-electron chi connectivity index (χ3n) is 4.04. The average molecular weight is 213 g/mol. The normalized spacial score (nSPS) is 27.6. The van der Waals surface area contributed by atoms with Crippen LogP contribution in [0.15, 0.2) is 0 Å². The fourth-order valence-corrected chi connectivity index (χ4v) is 2.24. The van der Waals surface area contributed by atoms with Gasteiger partial charge in [-0.3, -0.25) is 0 Å². The van der Waals surface area contributed by atoms with E-state index in [2.05, 4.69) is 12.2 Å². The molecule has 0 amide bonds. The predicted octanol–water partition coefficient (Wildman–Crippen LogP) is 1.17. The zero-order chi connectivity index (χ0) is 10.8. The third-order valence-corrected chi connectivity index (χ3v) is 4.04. The van der Waals surface area contributed by atoms with Crippen LogP contribution in [-0.4, -0.2) is 38.0 Å². The minimum atomic E-state index is 0.238. The van der Waals surface area contributed by atoms with Crippen molar-refractivity contribution in [1.29, 1.82) is 0 Å². The van der Waals surface area contributed by atoms with Crippen LogP contribution in [0.4, 0.5) is 0 Å². The quantitative estimate of drug-likeness (QED) is 0.720. The molecule has 0 aromatic rings. The van der Waals surface area contributed by atoms with Crippen molar-refractivity contribution in [2.45, 2.75) is 32.6 Å². The second-order valence-electron chi connectivity index (χ2n) is 5.68. The summed E-state index contributed by atoms with van der Waals surface area (Å²) in [6.07, 6.45) is 4.70. The molecule has 1 saturated carbocycles. The maximum Gasteiger partial charge on any atom is 0.0499 e. The van der Waals surface area contributed by atoms with Gasteiger partial charge in [-0.15, -0.1) is 0 Å². The molecular formula is C12H23NO2. The smallest absolute Gasteiger partial charge is 0.0499 e. The lowest BCUT2D eigenvalue weighted by Gasteiger charge is -2.34. The first-order valence-electron chi connectivity index (χ1n) is 6.08. The van der Waals surface area contributed by atoms with E-state index in [4.69, 9.17) is 4.74 Å². The summed E-state index contributed by atoms with van der Waals surface area (Å²) >= 11 is 0. The van der Waals surface area contributed by atoms with Gasteiger partial charge in [0.1, 0.15) is 0 Å². The lowest BCUT2D eigenvalue weighted by Crippen LogP contribution is -2.39. The molecule has 2 N–H and O–H groups in total. The summed E-state index contributed by atoms with van der Waals surface area (Å²) in [5.74, 6) is 0. The van der Waals surface area contributed by atoms with Gasteiger partial charge in [-0.05, 0) is 31.1 Å². The van der Waals surface area contributed by atoms with E-state index >= 15 is 0 Å². The van der Waals surface area contributed by atoms with Crippen LogP contribution in [-0.2, 0) is 4.74 Å². The summed E-state index contributed by atoms with van der Waals surface area (Å²) in [6.45, 7) is 6.55. The minimum Gasteiger partial charge on any atom is -0.396 e. The van der Waals surface area contributed by atoms with E-state index in [0.29, 0.717) is 12.0 Å². The minimum absolute atomic E-state index is 0.238. The fourth-order valence-electron chi connectivity index (χ4n) is 2.24. The van der Waals surface area contributed by atoms with Crippen molar-refractivity contribution in [2.75, 3.05) is 32.9 Å². The lowest BCUT2D eigenvalue weighted by molar-refractivity contribution is 0.0232. The molecule has 88 valence electrons. The molecule has 2 fully saturated rings. The Morgan fingerprint density at radius 1 is 1.13 bits per heavy atom. The van der Waals surface area contributed by atoms with Gasteiger partial charge in [-0.1, -0.05) is 6.92 Å². The lowest BCUT2D eigenvalue weighted by atomic mass is 9.82. The molecule has 15 heavy (non-hydrogen) atoms. The number of aliphatic hydroxyl groups excluding tert-OH is 1. The van der Waals surface area contributed by atoms with Gasteiger partial charge in [0, 0.05) is 38.3 Å². The summed E-state index contributed by atoms with van der Waals surface area (Å²) in [6, 6.07) is 0. The van der Waals surface area contributed by atoms with Gasteiger partial charge in [0.05, 0.1) is 0 Å². The molecule has 0 spiro atoms. The summed E-state index contributed by atoms with van der Waals surface area (Å²) in [5.41, 5.74) is 0.644. The van der Waals surface area contributed by atoms with Crippen molar-refractivity contribution in [1.82, 2.24) is 5.32 Å². The van der Waals surface area contributed by atoms with Gasteiger partial charge in [-0.25, -0.2) is 0 Å². The van der Waals surface area contributed by atoms with Crippen molar-refractivity contribution >= 4 is 0 Å². The van der Waals surface area contributed by atoms with Crippen molar-refractivity contribution in [3.8, 4) is 0 Å². The van der Waals surface area contributed by atoms with E-state index < -0.39 is 0 Å². The summed E-state index contributed by atoms with van der Waals surface area (Å²) in [4.78, 5) is 0. The van der Waals surface area contributed by atoms with Gasteiger partial charge in [0.25, 0.3) is 0 Å². The fraction of sp³-hybridized carbons (Fsp3) is 1.00. The molecule has 0 aromatic carbocycles. The van der Waals surface area contributed by atoms with Gasteiger partial charge in [-0.2, -0.15) is 0 Å². The van der Waals surface area contributed by atoms with Crippen LogP contribution in [0.1, 0.15) is 32.6 Å². The van der Waals surface area contributed by atoms with E-state index in [-0.39, 0.29) is 5.41 Å². The molecule has 3 heteroatoms. The Labute approximate surface area is 92.2 Å². The van der Waals surface area contributed by atoms with Crippen LogP contribution in [0.3, 0.4) is 0 Å². The molecule has 0 unspecified atom stereocenters. The molecule has 1 aliphatic carbocycles. The Bertz CT molecular complexity index is 208. The second-order valence-corrected chi connectivity index (χ2v) is 5.68. The SMILES string of the molecule is CC1(CNCC2(CO)CC2)CCOCC1. The van der Waals surface area contributed by atoms with E-state index in [1.54, 1.807) is 0 Å². The van der Waals surface area contributed by atoms with Gasteiger partial charge >= 0.3 is 0 Å². The van der Waals surface area contributed by atoms with Crippen molar-refractivity contribution in [3.63, 3.8) is 0 Å². The topological polar surface area (TPSA) is 41.5 Å². The number of rotatable bonds is 5. The van der Waals surface area contributed by atoms with Crippen LogP contribution in [0.5, 0.6) is 0 Å². The van der Waals surface area contributed by atoms with Gasteiger partial charge in [0.15, 0.2) is 0 Å². The van der Waals surface area contributed by atoms with Crippen molar-refractivity contribution in [3.05, 3.63) is 0 Å². The van der Waals surface area contributed by atoms with E-state index in [9.17, 15) is 5.11 Å². The van der Waals surface area contributed by atoms with E-state index in [0.717, 1.165) is 39.1 Å². The summed E-state index contributed by atoms with van der Waals surface area (Å²) in [7, 11) is 0. The number of hydrogen-bond donors (Lipinski definition) is 2. The first kappa shape index (κ1) is 11.4. The third kappa shape index (κ3) is 2.92. The molecule has 0 atom stereocenters. The number of aliphatic hydroxyl groups is 1. The number of nitrogens with one attached hydrogen (secondary N) is 1. The summed E-state index contributed by atoms with van der Waals surface area (Å²) in [5, 5.41) is 12.7. The zero-order valence-electron chi connectivity index (χ0n) is 9.72. The molecular weight excluding hydrogens is 190 g/mol. The standard InChI is InChI=1S/C12H23NO2/c1-11(4-6-15-7-5-11)8-13-9-12(10-14)2-3-12/h13-14H,2-10H2,1H3. The highest BCUT2D eigenvalue weighted by atomic mass is 16.5. The van der Waals surface area contributed by atoms with Crippen LogP contribution in [0, 0.1) is 10.8 Å². The Morgan fingerprint density at radius 2 is 1.80 bits per heavy atom. The van der Waals surface area contributed by atoms with Crippen LogP contribution in [0.25, 0.3) is 0 Å². The first-order chi connectivity index (χ1) is 7.18. The maximum atomic E-state index is 9.20. The van der Waals surface area contributed by atoms with Crippen LogP contribution < -0.4 is 5.32 Å². The number of ether oxygens (including phenoxy) is 1. The number of hydrogen-bond acceptors (Lipinski definition) is 3. The summed E-state index contributed by atoms with van der Waals surface area (Å²) < 4.78 is 5.38. The van der Waals surface area contributed by atoms with Gasteiger partial charge in [0.2, 0.25) is 0 Å². The maximum absolute atomic E-state index is 9.20. The first-order valence-corrected chi connectivity index (χ1v) is 6.08.